The number of nitrogens with one attached hydrogen (secondary N) is 1. The van der Waals surface area contributed by atoms with Crippen LogP contribution in [0.4, 0.5) is 8.78 Å². The molecule has 106 valence electrons. The molecule has 0 amide bonds. The van der Waals surface area contributed by atoms with Crippen LogP contribution in [0.1, 0.15) is 32.3 Å². The molecule has 1 aromatic rings. The fraction of sp³-hybridized carbons (Fsp3) is 0.467. The molecule has 5 heteroatoms. The first-order valence-corrected chi connectivity index (χ1v) is 6.69. The van der Waals surface area contributed by atoms with E-state index in [2.05, 4.69) is 10.5 Å². The van der Waals surface area contributed by atoms with Gasteiger partial charge in [-0.2, -0.15) is 5.10 Å². The molecule has 2 unspecified atom stereocenters. The number of hydrogen-bond acceptors (Lipinski definition) is 3. The Balaban J connectivity index is 1.95. The molecule has 2 atom stereocenters. The monoisotopic (exact) mass is 278 g/mol. The lowest BCUT2D eigenvalue weighted by Crippen LogP contribution is -2.45. The van der Waals surface area contributed by atoms with Gasteiger partial charge in [0.2, 0.25) is 0 Å². The fourth-order valence-corrected chi connectivity index (χ4v) is 3.20. The van der Waals surface area contributed by atoms with Crippen LogP contribution in [0.25, 0.3) is 0 Å². The zero-order chi connectivity index (χ0) is 14.5. The highest BCUT2D eigenvalue weighted by molar-refractivity contribution is 6.15. The van der Waals surface area contributed by atoms with E-state index < -0.39 is 17.6 Å². The molecule has 1 fully saturated rings. The molecule has 1 aliphatic heterocycles. The van der Waals surface area contributed by atoms with Gasteiger partial charge in [0.1, 0.15) is 17.4 Å². The van der Waals surface area contributed by atoms with E-state index in [9.17, 15) is 13.6 Å². The van der Waals surface area contributed by atoms with Gasteiger partial charge in [0.25, 0.3) is 0 Å². The third kappa shape index (κ3) is 2.11. The first kappa shape index (κ1) is 13.2. The number of carbonyl (C=O) groups is 1. The fourth-order valence-electron chi connectivity index (χ4n) is 3.20. The molecule has 1 aliphatic carbocycles. The van der Waals surface area contributed by atoms with Gasteiger partial charge < -0.3 is 5.43 Å². The SMILES string of the molecule is CC1(C)CC(=O)C2C(c3ccc(F)cc3F)=NNC2C1. The lowest BCUT2D eigenvalue weighted by molar-refractivity contribution is -0.126. The van der Waals surface area contributed by atoms with Crippen molar-refractivity contribution in [3.8, 4) is 0 Å². The third-order valence-electron chi connectivity index (χ3n) is 4.03. The number of halogens is 2. The zero-order valence-corrected chi connectivity index (χ0v) is 11.4. The molecular weight excluding hydrogens is 262 g/mol. The Morgan fingerprint density at radius 1 is 1.35 bits per heavy atom. The molecule has 1 heterocycles. The molecule has 1 saturated carbocycles. The highest BCUT2D eigenvalue weighted by atomic mass is 19.1. The molecule has 1 aromatic carbocycles. The minimum atomic E-state index is -0.677. The number of ketones is 1. The van der Waals surface area contributed by atoms with Crippen molar-refractivity contribution in [2.45, 2.75) is 32.7 Å². The van der Waals surface area contributed by atoms with Crippen LogP contribution in [0, 0.1) is 23.0 Å². The molecule has 3 rings (SSSR count). The van der Waals surface area contributed by atoms with Crippen molar-refractivity contribution < 1.29 is 13.6 Å². The normalized spacial score (nSPS) is 27.8. The summed E-state index contributed by atoms with van der Waals surface area (Å²) in [5, 5.41) is 4.14. The van der Waals surface area contributed by atoms with Crippen LogP contribution < -0.4 is 5.43 Å². The van der Waals surface area contributed by atoms with E-state index in [0.717, 1.165) is 12.5 Å². The lowest BCUT2D eigenvalue weighted by atomic mass is 9.68. The highest BCUT2D eigenvalue weighted by Gasteiger charge is 2.46. The van der Waals surface area contributed by atoms with Crippen LogP contribution in [0.2, 0.25) is 0 Å². The van der Waals surface area contributed by atoms with Gasteiger partial charge in [0.15, 0.2) is 0 Å². The van der Waals surface area contributed by atoms with Gasteiger partial charge in [-0.1, -0.05) is 13.8 Å². The van der Waals surface area contributed by atoms with Gasteiger partial charge in [-0.05, 0) is 24.0 Å². The van der Waals surface area contributed by atoms with Crippen molar-refractivity contribution >= 4 is 11.5 Å². The average Bonchev–Trinajstić information content (AvgIpc) is 2.71. The number of nitrogens with zero attached hydrogens (tertiary/aromatic N) is 1. The van der Waals surface area contributed by atoms with Crippen molar-refractivity contribution in [2.24, 2.45) is 16.4 Å². The van der Waals surface area contributed by atoms with Gasteiger partial charge in [-0.3, -0.25) is 4.79 Å². The Morgan fingerprint density at radius 3 is 2.80 bits per heavy atom. The van der Waals surface area contributed by atoms with Gasteiger partial charge in [-0.25, -0.2) is 8.78 Å². The van der Waals surface area contributed by atoms with Crippen molar-refractivity contribution in [2.75, 3.05) is 0 Å². The smallest absolute Gasteiger partial charge is 0.144 e. The van der Waals surface area contributed by atoms with E-state index >= 15 is 0 Å². The van der Waals surface area contributed by atoms with Crippen molar-refractivity contribution in [1.29, 1.82) is 0 Å². The molecule has 1 N–H and O–H groups in total. The quantitative estimate of drug-likeness (QED) is 0.858. The standard InChI is InChI=1S/C15H16F2N2O/c1-15(2)6-11-13(12(20)7-15)14(19-18-11)9-4-3-8(16)5-10(9)17/h3-5,11,13,18H,6-7H2,1-2H3. The summed E-state index contributed by atoms with van der Waals surface area (Å²) in [6, 6.07) is 3.26. The first-order valence-electron chi connectivity index (χ1n) is 6.69. The van der Waals surface area contributed by atoms with Crippen LogP contribution >= 0.6 is 0 Å². The highest BCUT2D eigenvalue weighted by Crippen LogP contribution is 2.39. The second-order valence-electron chi connectivity index (χ2n) is 6.35. The summed E-state index contributed by atoms with van der Waals surface area (Å²) >= 11 is 0. The largest absolute Gasteiger partial charge is 0.306 e. The molecule has 3 nitrogen and oxygen atoms in total. The summed E-state index contributed by atoms with van der Waals surface area (Å²) in [5.41, 5.74) is 3.47. The molecule has 0 bridgehead atoms. The first-order chi connectivity index (χ1) is 9.37. The van der Waals surface area contributed by atoms with E-state index in [1.165, 1.54) is 12.1 Å². The van der Waals surface area contributed by atoms with Gasteiger partial charge in [-0.15, -0.1) is 0 Å². The number of hydrazone groups is 1. The van der Waals surface area contributed by atoms with E-state index in [0.29, 0.717) is 12.1 Å². The molecular formula is C15H16F2N2O. The second-order valence-corrected chi connectivity index (χ2v) is 6.35. The predicted molar refractivity (Wildman–Crippen MR) is 71.3 cm³/mol. The number of rotatable bonds is 1. The van der Waals surface area contributed by atoms with E-state index in [1.54, 1.807) is 0 Å². The molecule has 0 spiro atoms. The number of hydrogen-bond donors (Lipinski definition) is 1. The summed E-state index contributed by atoms with van der Waals surface area (Å²) < 4.78 is 26.9. The Hall–Kier alpha value is -1.78. The molecule has 0 radical (unpaired) electrons. The summed E-state index contributed by atoms with van der Waals surface area (Å²) in [7, 11) is 0. The Labute approximate surface area is 116 Å². The maximum atomic E-state index is 13.9. The van der Waals surface area contributed by atoms with Gasteiger partial charge >= 0.3 is 0 Å². The number of benzene rings is 1. The predicted octanol–water partition coefficient (Wildman–Crippen LogP) is 2.65. The maximum Gasteiger partial charge on any atom is 0.144 e. The molecule has 0 saturated heterocycles. The van der Waals surface area contributed by atoms with Crippen LogP contribution in [0.3, 0.4) is 0 Å². The number of Topliss-reactive ketones (excluding diaryl/α,β-unsaturated/α-hetero) is 1. The Kier molecular flexibility index (Phi) is 2.88. The topological polar surface area (TPSA) is 41.5 Å². The summed E-state index contributed by atoms with van der Waals surface area (Å²) in [6.45, 7) is 4.08. The van der Waals surface area contributed by atoms with E-state index in [-0.39, 0.29) is 22.8 Å². The van der Waals surface area contributed by atoms with Crippen molar-refractivity contribution in [1.82, 2.24) is 5.43 Å². The maximum absolute atomic E-state index is 13.9. The molecule has 2 aliphatic rings. The van der Waals surface area contributed by atoms with Gasteiger partial charge in [0.05, 0.1) is 17.7 Å². The van der Waals surface area contributed by atoms with E-state index in [4.69, 9.17) is 0 Å². The number of carbonyl (C=O) groups excluding carboxylic acids is 1. The Morgan fingerprint density at radius 2 is 2.10 bits per heavy atom. The van der Waals surface area contributed by atoms with Crippen LogP contribution in [0.15, 0.2) is 23.3 Å². The van der Waals surface area contributed by atoms with E-state index in [1.807, 2.05) is 13.8 Å². The van der Waals surface area contributed by atoms with Crippen molar-refractivity contribution in [3.63, 3.8) is 0 Å². The average molecular weight is 278 g/mol. The zero-order valence-electron chi connectivity index (χ0n) is 11.4. The minimum Gasteiger partial charge on any atom is -0.306 e. The van der Waals surface area contributed by atoms with Crippen molar-refractivity contribution in [3.05, 3.63) is 35.4 Å². The van der Waals surface area contributed by atoms with Crippen LogP contribution in [-0.4, -0.2) is 17.5 Å². The van der Waals surface area contributed by atoms with Crippen LogP contribution in [-0.2, 0) is 4.79 Å². The van der Waals surface area contributed by atoms with Gasteiger partial charge in [0, 0.05) is 18.1 Å². The summed E-state index contributed by atoms with van der Waals surface area (Å²) in [6.07, 6.45) is 1.26. The Bertz CT molecular complexity index is 610. The summed E-state index contributed by atoms with van der Waals surface area (Å²) in [5.74, 6) is -1.67. The minimum absolute atomic E-state index is 0.0683. The summed E-state index contributed by atoms with van der Waals surface area (Å²) in [4.78, 5) is 12.3. The molecule has 0 aromatic heterocycles. The molecule has 20 heavy (non-hydrogen) atoms. The van der Waals surface area contributed by atoms with Crippen LogP contribution in [0.5, 0.6) is 0 Å². The second kappa shape index (κ2) is 4.36. The number of fused-ring (bicyclic) bond motifs is 1. The lowest BCUT2D eigenvalue weighted by Gasteiger charge is -2.36. The third-order valence-corrected chi connectivity index (χ3v) is 4.03.